The highest BCUT2D eigenvalue weighted by atomic mass is 31.2. The number of esters is 1. The highest BCUT2D eigenvalue weighted by Gasteiger charge is 2.23. The molecule has 1 N–H and O–H groups in total. The van der Waals surface area contributed by atoms with Crippen LogP contribution in [-0.4, -0.2) is 32.8 Å². The van der Waals surface area contributed by atoms with Gasteiger partial charge in [-0.1, -0.05) is 0 Å². The van der Waals surface area contributed by atoms with Gasteiger partial charge in [0, 0.05) is 0 Å². The maximum Gasteiger partial charge on any atom is 0.406 e. The number of rotatable bonds is 7. The van der Waals surface area contributed by atoms with Crippen LogP contribution in [-0.2, 0) is 23.1 Å². The maximum atomic E-state index is 11.7. The van der Waals surface area contributed by atoms with Crippen molar-refractivity contribution < 1.29 is 23.1 Å². The van der Waals surface area contributed by atoms with Gasteiger partial charge >= 0.3 is 13.7 Å². The summed E-state index contributed by atoms with van der Waals surface area (Å²) in [5.41, 5.74) is 0. The first-order chi connectivity index (χ1) is 6.58. The Labute approximate surface area is 83.5 Å². The van der Waals surface area contributed by atoms with E-state index in [1.165, 1.54) is 7.11 Å². The van der Waals surface area contributed by atoms with E-state index in [1.54, 1.807) is 13.8 Å². The molecule has 0 radical (unpaired) electrons. The van der Waals surface area contributed by atoms with E-state index in [2.05, 4.69) is 9.82 Å². The van der Waals surface area contributed by atoms with Crippen LogP contribution in [0, 0.1) is 0 Å². The van der Waals surface area contributed by atoms with Gasteiger partial charge in [0.15, 0.2) is 0 Å². The third-order valence-electron chi connectivity index (χ3n) is 1.24. The quantitative estimate of drug-likeness (QED) is 0.513. The second-order valence-electron chi connectivity index (χ2n) is 2.24. The molecular weight excluding hydrogens is 209 g/mol. The third kappa shape index (κ3) is 5.34. The van der Waals surface area contributed by atoms with Crippen LogP contribution < -0.4 is 5.09 Å². The Kier molecular flexibility index (Phi) is 6.74. The normalized spacial score (nSPS) is 11.4. The summed E-state index contributed by atoms with van der Waals surface area (Å²) in [4.78, 5) is 10.8. The summed E-state index contributed by atoms with van der Waals surface area (Å²) in [6.07, 6.45) is 0. The van der Waals surface area contributed by atoms with Gasteiger partial charge in [-0.3, -0.25) is 13.8 Å². The minimum absolute atomic E-state index is 0.201. The van der Waals surface area contributed by atoms with Crippen molar-refractivity contribution in [2.24, 2.45) is 0 Å². The van der Waals surface area contributed by atoms with Gasteiger partial charge in [-0.05, 0) is 13.8 Å². The molecule has 0 bridgehead atoms. The van der Waals surface area contributed by atoms with Crippen LogP contribution in [0.25, 0.3) is 0 Å². The summed E-state index contributed by atoms with van der Waals surface area (Å²) in [7, 11) is -2.09. The van der Waals surface area contributed by atoms with Crippen molar-refractivity contribution in [1.29, 1.82) is 0 Å². The van der Waals surface area contributed by atoms with Crippen molar-refractivity contribution in [1.82, 2.24) is 5.09 Å². The maximum absolute atomic E-state index is 11.7. The van der Waals surface area contributed by atoms with Crippen LogP contribution in [0.5, 0.6) is 0 Å². The van der Waals surface area contributed by atoms with Gasteiger partial charge in [0.05, 0.1) is 20.3 Å². The molecule has 7 heteroatoms. The Balaban J connectivity index is 4.08. The fourth-order valence-electron chi connectivity index (χ4n) is 0.702. The molecule has 14 heavy (non-hydrogen) atoms. The smallest absolute Gasteiger partial charge is 0.406 e. The van der Waals surface area contributed by atoms with Crippen molar-refractivity contribution in [2.45, 2.75) is 13.8 Å². The Morgan fingerprint density at radius 3 is 2.14 bits per heavy atom. The van der Waals surface area contributed by atoms with Gasteiger partial charge in [0.1, 0.15) is 6.54 Å². The zero-order valence-electron chi connectivity index (χ0n) is 8.61. The molecular formula is C7H16NO5P. The Bertz CT molecular complexity index is 210. The summed E-state index contributed by atoms with van der Waals surface area (Å²) < 4.78 is 25.8. The van der Waals surface area contributed by atoms with Crippen LogP contribution >= 0.6 is 7.75 Å². The summed E-state index contributed by atoms with van der Waals surface area (Å²) in [5.74, 6) is -0.523. The van der Waals surface area contributed by atoms with Gasteiger partial charge in [0.2, 0.25) is 0 Å². The average Bonchev–Trinajstić information content (AvgIpc) is 2.15. The largest absolute Gasteiger partial charge is 0.468 e. The molecule has 0 saturated heterocycles. The van der Waals surface area contributed by atoms with Gasteiger partial charge < -0.3 is 4.74 Å². The first-order valence-electron chi connectivity index (χ1n) is 4.29. The predicted octanol–water partition coefficient (Wildman–Crippen LogP) is 0.930. The van der Waals surface area contributed by atoms with Crippen molar-refractivity contribution in [3.05, 3.63) is 0 Å². The molecule has 0 unspecified atom stereocenters. The SMILES string of the molecule is CCOP(=O)(NCC(=O)OC)OCC. The van der Waals surface area contributed by atoms with Crippen LogP contribution in [0.15, 0.2) is 0 Å². The summed E-state index contributed by atoms with van der Waals surface area (Å²) in [6.45, 7) is 3.65. The standard InChI is InChI=1S/C7H16NO5P/c1-4-12-14(10,13-5-2)8-6-7(9)11-3/h4-6H2,1-3H3,(H,8,10). The van der Waals surface area contributed by atoms with Crippen LogP contribution in [0.2, 0.25) is 0 Å². The van der Waals surface area contributed by atoms with Gasteiger partial charge in [-0.25, -0.2) is 9.65 Å². The monoisotopic (exact) mass is 225 g/mol. The number of nitrogens with one attached hydrogen (secondary N) is 1. The molecule has 0 atom stereocenters. The zero-order valence-corrected chi connectivity index (χ0v) is 9.50. The Hall–Kier alpha value is -0.420. The lowest BCUT2D eigenvalue weighted by atomic mass is 10.7. The third-order valence-corrected chi connectivity index (χ3v) is 2.98. The number of carbonyl (C=O) groups is 1. The number of hydrogen-bond acceptors (Lipinski definition) is 5. The Morgan fingerprint density at radius 1 is 1.29 bits per heavy atom. The lowest BCUT2D eigenvalue weighted by Crippen LogP contribution is -2.23. The van der Waals surface area contributed by atoms with Gasteiger partial charge in [-0.2, -0.15) is 0 Å². The Morgan fingerprint density at radius 2 is 1.79 bits per heavy atom. The second kappa shape index (κ2) is 6.95. The average molecular weight is 225 g/mol. The van der Waals surface area contributed by atoms with E-state index in [0.717, 1.165) is 0 Å². The van der Waals surface area contributed by atoms with Gasteiger partial charge in [0.25, 0.3) is 0 Å². The lowest BCUT2D eigenvalue weighted by Gasteiger charge is -2.16. The van der Waals surface area contributed by atoms with E-state index in [9.17, 15) is 9.36 Å². The van der Waals surface area contributed by atoms with Crippen LogP contribution in [0.3, 0.4) is 0 Å². The molecule has 0 amide bonds. The molecule has 0 aliphatic heterocycles. The van der Waals surface area contributed by atoms with E-state index >= 15 is 0 Å². The van der Waals surface area contributed by atoms with E-state index in [-0.39, 0.29) is 19.8 Å². The second-order valence-corrected chi connectivity index (χ2v) is 4.07. The van der Waals surface area contributed by atoms with E-state index in [0.29, 0.717) is 0 Å². The molecule has 0 aromatic carbocycles. The minimum atomic E-state index is -3.34. The number of methoxy groups -OCH3 is 1. The molecule has 84 valence electrons. The van der Waals surface area contributed by atoms with Crippen molar-refractivity contribution in [3.63, 3.8) is 0 Å². The number of carbonyl (C=O) groups excluding carboxylic acids is 1. The van der Waals surface area contributed by atoms with E-state index < -0.39 is 13.7 Å². The lowest BCUT2D eigenvalue weighted by molar-refractivity contribution is -0.139. The molecule has 0 aromatic heterocycles. The van der Waals surface area contributed by atoms with Crippen molar-refractivity contribution in [2.75, 3.05) is 26.9 Å². The molecule has 0 aliphatic carbocycles. The molecule has 0 spiro atoms. The molecule has 0 heterocycles. The molecule has 0 saturated carbocycles. The first-order valence-corrected chi connectivity index (χ1v) is 5.83. The van der Waals surface area contributed by atoms with Crippen molar-refractivity contribution >= 4 is 13.7 Å². The highest BCUT2D eigenvalue weighted by Crippen LogP contribution is 2.42. The summed E-state index contributed by atoms with van der Waals surface area (Å²) in [6, 6.07) is 0. The predicted molar refractivity (Wildman–Crippen MR) is 50.9 cm³/mol. The fourth-order valence-corrected chi connectivity index (χ4v) is 1.96. The van der Waals surface area contributed by atoms with Gasteiger partial charge in [-0.15, -0.1) is 0 Å². The topological polar surface area (TPSA) is 73.9 Å². The van der Waals surface area contributed by atoms with Crippen molar-refractivity contribution in [3.8, 4) is 0 Å². The minimum Gasteiger partial charge on any atom is -0.468 e. The van der Waals surface area contributed by atoms with E-state index in [4.69, 9.17) is 9.05 Å². The first kappa shape index (κ1) is 13.6. The number of ether oxygens (including phenoxy) is 1. The molecule has 0 rings (SSSR count). The molecule has 0 fully saturated rings. The fraction of sp³-hybridized carbons (Fsp3) is 0.857. The zero-order chi connectivity index (χ0) is 11.0. The van der Waals surface area contributed by atoms with E-state index in [1.807, 2.05) is 0 Å². The molecule has 6 nitrogen and oxygen atoms in total. The molecule has 0 aromatic rings. The van der Waals surface area contributed by atoms with Crippen LogP contribution in [0.4, 0.5) is 0 Å². The molecule has 0 aliphatic rings. The summed E-state index contributed by atoms with van der Waals surface area (Å²) in [5, 5.41) is 2.39. The number of hydrogen-bond donors (Lipinski definition) is 1. The highest BCUT2D eigenvalue weighted by molar-refractivity contribution is 7.51. The van der Waals surface area contributed by atoms with Crippen LogP contribution in [0.1, 0.15) is 13.8 Å². The summed E-state index contributed by atoms with van der Waals surface area (Å²) >= 11 is 0.